The molecule has 0 amide bonds. The average Bonchev–Trinajstić information content (AvgIpc) is 2.32. The summed E-state index contributed by atoms with van der Waals surface area (Å²) in [5.41, 5.74) is 1.03. The van der Waals surface area contributed by atoms with Crippen LogP contribution in [-0.4, -0.2) is 42.4 Å². The first-order valence-corrected chi connectivity index (χ1v) is 6.80. The van der Waals surface area contributed by atoms with Gasteiger partial charge in [-0.05, 0) is 31.5 Å². The van der Waals surface area contributed by atoms with Crippen molar-refractivity contribution in [1.29, 1.82) is 0 Å². The van der Waals surface area contributed by atoms with E-state index in [4.69, 9.17) is 21.1 Å². The first-order chi connectivity index (χ1) is 8.99. The largest absolute Gasteiger partial charge is 0.503 e. The summed E-state index contributed by atoms with van der Waals surface area (Å²) in [5, 5.41) is 10.0. The summed E-state index contributed by atoms with van der Waals surface area (Å²) in [6.07, 6.45) is 0.469. The molecule has 1 aromatic carbocycles. The Morgan fingerprint density at radius 2 is 2.00 bits per heavy atom. The summed E-state index contributed by atoms with van der Waals surface area (Å²) in [5.74, 6) is 0.411. The molecule has 0 saturated carbocycles. The lowest BCUT2D eigenvalue weighted by Gasteiger charge is -2.35. The normalized spacial score (nSPS) is 24.4. The summed E-state index contributed by atoms with van der Waals surface area (Å²) in [6, 6.07) is 3.61. The molecule has 1 saturated heterocycles. The van der Waals surface area contributed by atoms with Crippen molar-refractivity contribution in [1.82, 2.24) is 4.90 Å². The molecule has 0 radical (unpaired) electrons. The van der Waals surface area contributed by atoms with E-state index >= 15 is 0 Å². The van der Waals surface area contributed by atoms with Crippen LogP contribution in [0, 0.1) is 0 Å². The van der Waals surface area contributed by atoms with Crippen LogP contribution < -0.4 is 4.74 Å². The fourth-order valence-electron chi connectivity index (χ4n) is 2.55. The minimum absolute atomic E-state index is 0.00312. The van der Waals surface area contributed by atoms with Gasteiger partial charge in [-0.1, -0.05) is 11.6 Å². The maximum absolute atomic E-state index is 9.72. The van der Waals surface area contributed by atoms with E-state index in [0.29, 0.717) is 10.8 Å². The fourth-order valence-corrected chi connectivity index (χ4v) is 2.78. The Balaban J connectivity index is 2.12. The van der Waals surface area contributed by atoms with E-state index in [1.54, 1.807) is 6.07 Å². The van der Waals surface area contributed by atoms with E-state index < -0.39 is 0 Å². The zero-order valence-electron chi connectivity index (χ0n) is 11.5. The van der Waals surface area contributed by atoms with Gasteiger partial charge in [-0.2, -0.15) is 0 Å². The molecule has 0 bridgehead atoms. The number of rotatable bonds is 3. The quantitative estimate of drug-likeness (QED) is 0.927. The van der Waals surface area contributed by atoms with Gasteiger partial charge < -0.3 is 14.6 Å². The summed E-state index contributed by atoms with van der Waals surface area (Å²) in [6.45, 7) is 6.71. The minimum atomic E-state index is -0.00312. The lowest BCUT2D eigenvalue weighted by atomic mass is 10.1. The van der Waals surface area contributed by atoms with Gasteiger partial charge in [0.05, 0.1) is 24.3 Å². The van der Waals surface area contributed by atoms with Crippen molar-refractivity contribution in [2.45, 2.75) is 32.6 Å². The second-order valence-electron chi connectivity index (χ2n) is 5.08. The molecule has 1 aliphatic heterocycles. The highest BCUT2D eigenvalue weighted by molar-refractivity contribution is 6.32. The summed E-state index contributed by atoms with van der Waals surface area (Å²) in [7, 11) is 1.52. The molecular formula is C14H20ClNO3. The fraction of sp³-hybridized carbons (Fsp3) is 0.571. The molecule has 106 valence electrons. The monoisotopic (exact) mass is 285 g/mol. The maximum atomic E-state index is 9.72. The first kappa shape index (κ1) is 14.4. The second kappa shape index (κ2) is 5.99. The summed E-state index contributed by atoms with van der Waals surface area (Å²) >= 11 is 6.00. The highest BCUT2D eigenvalue weighted by atomic mass is 35.5. The highest BCUT2D eigenvalue weighted by Crippen LogP contribution is 2.35. The highest BCUT2D eigenvalue weighted by Gasteiger charge is 2.22. The van der Waals surface area contributed by atoms with Crippen LogP contribution in [0.1, 0.15) is 19.4 Å². The molecule has 1 N–H and O–H groups in total. The molecule has 5 heteroatoms. The molecule has 1 aromatic rings. The van der Waals surface area contributed by atoms with E-state index in [2.05, 4.69) is 18.7 Å². The zero-order chi connectivity index (χ0) is 14.0. The minimum Gasteiger partial charge on any atom is -0.503 e. The smallest absolute Gasteiger partial charge is 0.176 e. The molecule has 2 rings (SSSR count). The molecule has 19 heavy (non-hydrogen) atoms. The molecule has 1 fully saturated rings. The van der Waals surface area contributed by atoms with Crippen LogP contribution in [0.3, 0.4) is 0 Å². The average molecular weight is 286 g/mol. The van der Waals surface area contributed by atoms with Crippen molar-refractivity contribution in [3.63, 3.8) is 0 Å². The van der Waals surface area contributed by atoms with E-state index in [-0.39, 0.29) is 18.0 Å². The van der Waals surface area contributed by atoms with Crippen molar-refractivity contribution in [2.24, 2.45) is 0 Å². The Morgan fingerprint density at radius 3 is 2.58 bits per heavy atom. The van der Waals surface area contributed by atoms with Gasteiger partial charge in [-0.15, -0.1) is 0 Å². The number of benzene rings is 1. The van der Waals surface area contributed by atoms with Crippen LogP contribution in [0.15, 0.2) is 12.1 Å². The standard InChI is InChI=1S/C14H20ClNO3/c1-9-6-16(7-10(2)19-9)8-11-4-12(15)14(17)13(5-11)18-3/h4-5,9-10,17H,6-8H2,1-3H3/t9-,10+. The van der Waals surface area contributed by atoms with Crippen LogP contribution in [0.25, 0.3) is 0 Å². The van der Waals surface area contributed by atoms with Gasteiger partial charge in [-0.3, -0.25) is 4.90 Å². The number of hydrogen-bond donors (Lipinski definition) is 1. The van der Waals surface area contributed by atoms with Gasteiger partial charge in [0.15, 0.2) is 11.5 Å². The van der Waals surface area contributed by atoms with Gasteiger partial charge in [-0.25, -0.2) is 0 Å². The molecule has 0 aliphatic carbocycles. The van der Waals surface area contributed by atoms with Gasteiger partial charge in [0.1, 0.15) is 0 Å². The van der Waals surface area contributed by atoms with Crippen molar-refractivity contribution in [3.05, 3.63) is 22.7 Å². The van der Waals surface area contributed by atoms with E-state index in [1.807, 2.05) is 6.07 Å². The van der Waals surface area contributed by atoms with Gasteiger partial charge in [0.2, 0.25) is 0 Å². The number of hydrogen-bond acceptors (Lipinski definition) is 4. The Bertz CT molecular complexity index is 443. The number of halogens is 1. The molecule has 1 aliphatic rings. The number of ether oxygens (including phenoxy) is 2. The number of phenols is 1. The number of nitrogens with zero attached hydrogens (tertiary/aromatic N) is 1. The van der Waals surface area contributed by atoms with Crippen molar-refractivity contribution in [3.8, 4) is 11.5 Å². The predicted molar refractivity (Wildman–Crippen MR) is 75.0 cm³/mol. The third kappa shape index (κ3) is 3.53. The van der Waals surface area contributed by atoms with Crippen LogP contribution in [-0.2, 0) is 11.3 Å². The maximum Gasteiger partial charge on any atom is 0.176 e. The SMILES string of the molecule is COc1cc(CN2C[C@@H](C)O[C@@H](C)C2)cc(Cl)c1O. The number of morpholine rings is 1. The Morgan fingerprint density at radius 1 is 1.37 bits per heavy atom. The predicted octanol–water partition coefficient (Wildman–Crippen LogP) is 2.66. The number of methoxy groups -OCH3 is 1. The van der Waals surface area contributed by atoms with Crippen LogP contribution in [0.4, 0.5) is 0 Å². The molecule has 0 unspecified atom stereocenters. The second-order valence-corrected chi connectivity index (χ2v) is 5.49. The molecular weight excluding hydrogens is 266 g/mol. The zero-order valence-corrected chi connectivity index (χ0v) is 12.3. The van der Waals surface area contributed by atoms with Crippen molar-refractivity contribution >= 4 is 11.6 Å². The van der Waals surface area contributed by atoms with E-state index in [9.17, 15) is 5.11 Å². The summed E-state index contributed by atoms with van der Waals surface area (Å²) in [4.78, 5) is 2.32. The molecule has 1 heterocycles. The molecule has 4 nitrogen and oxygen atoms in total. The Kier molecular flexibility index (Phi) is 4.55. The van der Waals surface area contributed by atoms with E-state index in [1.165, 1.54) is 7.11 Å². The lowest BCUT2D eigenvalue weighted by molar-refractivity contribution is -0.0705. The van der Waals surface area contributed by atoms with Crippen molar-refractivity contribution < 1.29 is 14.6 Å². The van der Waals surface area contributed by atoms with Crippen LogP contribution >= 0.6 is 11.6 Å². The number of aromatic hydroxyl groups is 1. The summed E-state index contributed by atoms with van der Waals surface area (Å²) < 4.78 is 10.8. The number of phenolic OH excluding ortho intramolecular Hbond substituents is 1. The topological polar surface area (TPSA) is 41.9 Å². The van der Waals surface area contributed by atoms with E-state index in [0.717, 1.165) is 25.2 Å². The van der Waals surface area contributed by atoms with Gasteiger partial charge >= 0.3 is 0 Å². The Labute approximate surface area is 118 Å². The molecule has 2 atom stereocenters. The van der Waals surface area contributed by atoms with Crippen LogP contribution in [0.2, 0.25) is 5.02 Å². The molecule has 0 aromatic heterocycles. The molecule has 0 spiro atoms. The first-order valence-electron chi connectivity index (χ1n) is 6.42. The third-order valence-corrected chi connectivity index (χ3v) is 3.50. The van der Waals surface area contributed by atoms with Crippen LogP contribution in [0.5, 0.6) is 11.5 Å². The Hall–Kier alpha value is -0.970. The van der Waals surface area contributed by atoms with Crippen molar-refractivity contribution in [2.75, 3.05) is 20.2 Å². The van der Waals surface area contributed by atoms with Gasteiger partial charge in [0, 0.05) is 19.6 Å². The van der Waals surface area contributed by atoms with Gasteiger partial charge in [0.25, 0.3) is 0 Å². The lowest BCUT2D eigenvalue weighted by Crippen LogP contribution is -2.44. The third-order valence-electron chi connectivity index (χ3n) is 3.21.